The van der Waals surface area contributed by atoms with Crippen molar-refractivity contribution in [1.82, 2.24) is 24.1 Å². The largest absolute Gasteiger partial charge is 0.416 e. The smallest absolute Gasteiger partial charge is 0.309 e. The summed E-state index contributed by atoms with van der Waals surface area (Å²) in [6.07, 6.45) is -9.55. The number of hydrogen-bond donors (Lipinski definition) is 0. The minimum Gasteiger partial charge on any atom is -0.309 e. The third-order valence-corrected chi connectivity index (χ3v) is 12.3. The lowest BCUT2D eigenvalue weighted by atomic mass is 9.96. The summed E-state index contributed by atoms with van der Waals surface area (Å²) < 4.78 is 89.7. The molecule has 11 aromatic rings. The second-order valence-corrected chi connectivity index (χ2v) is 16.8. The van der Waals surface area contributed by atoms with Crippen LogP contribution >= 0.6 is 0 Å². The minimum absolute atomic E-state index is 0.0385. The van der Waals surface area contributed by atoms with Crippen LogP contribution in [0.5, 0.6) is 0 Å². The van der Waals surface area contributed by atoms with Crippen molar-refractivity contribution >= 4 is 43.6 Å². The van der Waals surface area contributed by atoms with Gasteiger partial charge in [-0.1, -0.05) is 90.0 Å². The topological polar surface area (TPSA) is 72.3 Å². The highest BCUT2D eigenvalue weighted by molar-refractivity contribution is 6.12. The minimum atomic E-state index is -4.78. The molecule has 0 bridgehead atoms. The van der Waals surface area contributed by atoms with E-state index in [1.54, 1.807) is 22.8 Å². The molecule has 0 radical (unpaired) electrons. The van der Waals surface area contributed by atoms with E-state index in [9.17, 15) is 31.6 Å². The van der Waals surface area contributed by atoms with Gasteiger partial charge in [-0.05, 0) is 105 Å². The molecule has 3 aromatic heterocycles. The molecular weight excluding hydrogens is 871 g/mol. The normalized spacial score (nSPS) is 12.1. The second-order valence-electron chi connectivity index (χ2n) is 16.8. The molecular formula is C56H34F6N6. The summed E-state index contributed by atoms with van der Waals surface area (Å²) in [5.74, 6) is 1.23. The van der Waals surface area contributed by atoms with E-state index >= 15 is 0 Å². The second kappa shape index (κ2) is 15.8. The van der Waals surface area contributed by atoms with E-state index in [0.29, 0.717) is 45.5 Å². The Labute approximate surface area is 384 Å². The van der Waals surface area contributed by atoms with Gasteiger partial charge in [-0.2, -0.15) is 31.6 Å². The standard InChI is InChI=1S/C56H34F6N6/c1-32-13-20-46-41(25-32)42-26-33(2)14-21-47(42)67(46)48-22-16-37(54-65-52(35-9-5-3-6-10-35)64-53(66-54)36-11-7-4-8-12-36)28-43(48)40-19-15-34(31-63)27-51(40)68-49-23-17-38(55(57,58)59)29-44(49)45-30-39(56(60,61)62)18-24-50(45)68/h3-30H,1-2H3. The molecule has 3 heterocycles. The third-order valence-electron chi connectivity index (χ3n) is 12.3. The highest BCUT2D eigenvalue weighted by Gasteiger charge is 2.34. The molecule has 0 saturated carbocycles. The van der Waals surface area contributed by atoms with E-state index in [2.05, 4.69) is 34.9 Å². The number of hydrogen-bond acceptors (Lipinski definition) is 4. The van der Waals surface area contributed by atoms with E-state index in [1.807, 2.05) is 105 Å². The zero-order chi connectivity index (χ0) is 47.1. The van der Waals surface area contributed by atoms with Crippen LogP contribution < -0.4 is 0 Å². The maximum absolute atomic E-state index is 14.3. The van der Waals surface area contributed by atoms with Crippen molar-refractivity contribution in [2.24, 2.45) is 0 Å². The molecule has 0 spiro atoms. The van der Waals surface area contributed by atoms with Gasteiger partial charge < -0.3 is 9.13 Å². The predicted molar refractivity (Wildman–Crippen MR) is 254 cm³/mol. The number of alkyl halides is 6. The van der Waals surface area contributed by atoms with E-state index in [0.717, 1.165) is 68.3 Å². The summed E-state index contributed by atoms with van der Waals surface area (Å²) in [6, 6.07) is 50.7. The van der Waals surface area contributed by atoms with Crippen LogP contribution in [0.4, 0.5) is 26.3 Å². The summed E-state index contributed by atoms with van der Waals surface area (Å²) in [5.41, 5.74) is 6.85. The van der Waals surface area contributed by atoms with Crippen LogP contribution in [-0.2, 0) is 12.4 Å². The summed E-state index contributed by atoms with van der Waals surface area (Å²) in [4.78, 5) is 14.9. The summed E-state index contributed by atoms with van der Waals surface area (Å²) in [7, 11) is 0. The molecule has 0 saturated heterocycles. The average Bonchev–Trinajstić information content (AvgIpc) is 3.84. The predicted octanol–water partition coefficient (Wildman–Crippen LogP) is 15.3. The molecule has 0 aliphatic carbocycles. The number of nitrogens with zero attached hydrogens (tertiary/aromatic N) is 6. The van der Waals surface area contributed by atoms with Gasteiger partial charge in [0.05, 0.1) is 56.2 Å². The summed E-state index contributed by atoms with van der Waals surface area (Å²) >= 11 is 0. The zero-order valence-electron chi connectivity index (χ0n) is 36.1. The monoisotopic (exact) mass is 904 g/mol. The Morgan fingerprint density at radius 3 is 1.32 bits per heavy atom. The van der Waals surface area contributed by atoms with Gasteiger partial charge >= 0.3 is 12.4 Å². The number of halogens is 6. The molecule has 0 unspecified atom stereocenters. The first kappa shape index (κ1) is 42.1. The molecule has 8 aromatic carbocycles. The van der Waals surface area contributed by atoms with Gasteiger partial charge in [0, 0.05) is 49.4 Å². The van der Waals surface area contributed by atoms with E-state index in [4.69, 9.17) is 15.0 Å². The number of nitriles is 1. The number of rotatable bonds is 6. The number of aryl methyl sites for hydroxylation is 2. The molecule has 0 atom stereocenters. The number of aromatic nitrogens is 5. The van der Waals surface area contributed by atoms with Gasteiger partial charge in [0.1, 0.15) is 0 Å². The molecule has 11 rings (SSSR count). The highest BCUT2D eigenvalue weighted by atomic mass is 19.4. The zero-order valence-corrected chi connectivity index (χ0v) is 36.1. The van der Waals surface area contributed by atoms with Crippen LogP contribution in [0.15, 0.2) is 170 Å². The third kappa shape index (κ3) is 7.20. The molecule has 68 heavy (non-hydrogen) atoms. The maximum Gasteiger partial charge on any atom is 0.416 e. The van der Waals surface area contributed by atoms with Gasteiger partial charge in [0.15, 0.2) is 17.5 Å². The SMILES string of the molecule is Cc1ccc2c(c1)c1cc(C)ccc1n2-c1ccc(-c2nc(-c3ccccc3)nc(-c3ccccc3)n2)cc1-c1ccc(C#N)cc1-n1c2ccc(C(F)(F)F)cc2c2cc(C(F)(F)F)ccc21. The lowest BCUT2D eigenvalue weighted by Crippen LogP contribution is -2.05. The van der Waals surface area contributed by atoms with E-state index in [-0.39, 0.29) is 27.4 Å². The molecule has 0 amide bonds. The Morgan fingerprint density at radius 1 is 0.412 bits per heavy atom. The maximum atomic E-state index is 14.3. The number of benzene rings is 8. The van der Waals surface area contributed by atoms with Crippen molar-refractivity contribution in [2.45, 2.75) is 26.2 Å². The Hall–Kier alpha value is -8.56. The van der Waals surface area contributed by atoms with E-state index < -0.39 is 23.5 Å². The molecule has 0 aliphatic heterocycles. The highest BCUT2D eigenvalue weighted by Crippen LogP contribution is 2.45. The van der Waals surface area contributed by atoms with Crippen LogP contribution in [0.25, 0.3) is 100 Å². The molecule has 330 valence electrons. The summed E-state index contributed by atoms with van der Waals surface area (Å²) in [6.45, 7) is 4.07. The van der Waals surface area contributed by atoms with Gasteiger partial charge in [0.2, 0.25) is 0 Å². The Balaban J connectivity index is 1.25. The quantitative estimate of drug-likeness (QED) is 0.156. The van der Waals surface area contributed by atoms with E-state index in [1.165, 1.54) is 12.1 Å². The Bertz CT molecular complexity index is 3670. The van der Waals surface area contributed by atoms with Crippen LogP contribution in [0.2, 0.25) is 0 Å². The molecule has 0 N–H and O–H groups in total. The first-order valence-electron chi connectivity index (χ1n) is 21.5. The van der Waals surface area contributed by atoms with Crippen molar-refractivity contribution in [3.8, 4) is 62.7 Å². The van der Waals surface area contributed by atoms with Crippen LogP contribution in [0, 0.1) is 25.2 Å². The first-order valence-corrected chi connectivity index (χ1v) is 21.5. The molecule has 0 fully saturated rings. The van der Waals surface area contributed by atoms with Crippen molar-refractivity contribution in [2.75, 3.05) is 0 Å². The number of fused-ring (bicyclic) bond motifs is 6. The lowest BCUT2D eigenvalue weighted by molar-refractivity contribution is -0.138. The van der Waals surface area contributed by atoms with Crippen molar-refractivity contribution in [3.05, 3.63) is 198 Å². The fourth-order valence-electron chi connectivity index (χ4n) is 9.18. The van der Waals surface area contributed by atoms with Crippen molar-refractivity contribution in [1.29, 1.82) is 5.26 Å². The van der Waals surface area contributed by atoms with Crippen LogP contribution in [-0.4, -0.2) is 24.1 Å². The first-order chi connectivity index (χ1) is 32.7. The fraction of sp³-hybridized carbons (Fsp3) is 0.0714. The Kier molecular flexibility index (Phi) is 9.79. The van der Waals surface area contributed by atoms with Gasteiger partial charge in [-0.15, -0.1) is 0 Å². The fourth-order valence-corrected chi connectivity index (χ4v) is 9.18. The summed E-state index contributed by atoms with van der Waals surface area (Å²) in [5, 5.41) is 12.3. The van der Waals surface area contributed by atoms with Crippen molar-refractivity contribution in [3.63, 3.8) is 0 Å². The average molecular weight is 905 g/mol. The van der Waals surface area contributed by atoms with Gasteiger partial charge in [-0.25, -0.2) is 15.0 Å². The Morgan fingerprint density at radius 2 is 0.853 bits per heavy atom. The van der Waals surface area contributed by atoms with Gasteiger partial charge in [0.25, 0.3) is 0 Å². The van der Waals surface area contributed by atoms with Gasteiger partial charge in [-0.3, -0.25) is 0 Å². The lowest BCUT2D eigenvalue weighted by Gasteiger charge is -2.20. The molecule has 12 heteroatoms. The van der Waals surface area contributed by atoms with Crippen LogP contribution in [0.1, 0.15) is 27.8 Å². The van der Waals surface area contributed by atoms with Crippen LogP contribution in [0.3, 0.4) is 0 Å². The molecule has 0 aliphatic rings. The van der Waals surface area contributed by atoms with Crippen molar-refractivity contribution < 1.29 is 26.3 Å². The molecule has 6 nitrogen and oxygen atoms in total.